The summed E-state index contributed by atoms with van der Waals surface area (Å²) in [5.41, 5.74) is 11.3. The Balaban J connectivity index is 1.29. The fraction of sp³-hybridized carbons (Fsp3) is 0.320. The van der Waals surface area contributed by atoms with E-state index in [1.54, 1.807) is 0 Å². The molecule has 6 aromatic carbocycles. The molecule has 0 fully saturated rings. The number of benzene rings is 6. The van der Waals surface area contributed by atoms with Crippen molar-refractivity contribution in [2.45, 2.75) is 90.9 Å². The number of ether oxygens (including phenoxy) is 2. The number of aryl methyl sites for hydroxylation is 2. The molecule has 1 aliphatic heterocycles. The molecule has 0 atom stereocenters. The molecule has 54 heavy (non-hydrogen) atoms. The van der Waals surface area contributed by atoms with Crippen molar-refractivity contribution in [3.63, 3.8) is 0 Å². The standard InChI is InChI=1S/C50H54N2O2/c1-3-5-7-9-13-37-19-23-41(24-20-37)45-27-29-48-47-30-28-46(42-25-21-38(22-26-42)14-10-8-6-4-2)50(48)54-34-32-40-16-12-18-44(36-40)52-51-43-17-11-15-39(35-43)31-33-53-49(45)47/h11-12,15-30,35-36H,3-10,13-14,31-34H2,1-2H3. The molecule has 0 amide bonds. The van der Waals surface area contributed by atoms with Gasteiger partial charge in [-0.25, -0.2) is 0 Å². The number of hydrogen-bond donors (Lipinski definition) is 0. The second-order valence-electron chi connectivity index (χ2n) is 14.7. The van der Waals surface area contributed by atoms with Crippen LogP contribution in [0.5, 0.6) is 11.5 Å². The predicted octanol–water partition coefficient (Wildman–Crippen LogP) is 14.4. The Morgan fingerprint density at radius 3 is 1.33 bits per heavy atom. The number of rotatable bonds is 12. The van der Waals surface area contributed by atoms with Gasteiger partial charge in [-0.3, -0.25) is 0 Å². The molecule has 0 saturated carbocycles. The monoisotopic (exact) mass is 714 g/mol. The summed E-state index contributed by atoms with van der Waals surface area (Å²) in [4.78, 5) is 0. The van der Waals surface area contributed by atoms with E-state index in [-0.39, 0.29) is 0 Å². The Morgan fingerprint density at radius 1 is 0.463 bits per heavy atom. The maximum Gasteiger partial charge on any atom is 0.135 e. The molecule has 0 saturated heterocycles. The van der Waals surface area contributed by atoms with Crippen LogP contribution in [-0.4, -0.2) is 13.2 Å². The van der Waals surface area contributed by atoms with Gasteiger partial charge in [0.15, 0.2) is 0 Å². The van der Waals surface area contributed by atoms with Crippen molar-refractivity contribution in [1.29, 1.82) is 0 Å². The number of azo groups is 1. The smallest absolute Gasteiger partial charge is 0.135 e. The van der Waals surface area contributed by atoms with Crippen LogP contribution in [0.3, 0.4) is 0 Å². The number of unbranched alkanes of at least 4 members (excludes halogenated alkanes) is 6. The third-order valence-corrected chi connectivity index (χ3v) is 10.6. The van der Waals surface area contributed by atoms with Gasteiger partial charge in [-0.2, -0.15) is 10.2 Å². The van der Waals surface area contributed by atoms with Crippen molar-refractivity contribution < 1.29 is 9.47 Å². The first-order valence-electron chi connectivity index (χ1n) is 20.3. The minimum Gasteiger partial charge on any atom is -0.492 e. The van der Waals surface area contributed by atoms with E-state index in [2.05, 4.69) is 133 Å². The van der Waals surface area contributed by atoms with Crippen LogP contribution in [0, 0.1) is 0 Å². The van der Waals surface area contributed by atoms with Crippen molar-refractivity contribution in [3.8, 4) is 33.8 Å². The molecule has 4 nitrogen and oxygen atoms in total. The van der Waals surface area contributed by atoms with E-state index < -0.39 is 0 Å². The van der Waals surface area contributed by atoms with Crippen LogP contribution in [0.1, 0.15) is 87.5 Å². The summed E-state index contributed by atoms with van der Waals surface area (Å²) >= 11 is 0. The molecule has 0 unspecified atom stereocenters. The van der Waals surface area contributed by atoms with Gasteiger partial charge in [0.05, 0.1) is 24.6 Å². The van der Waals surface area contributed by atoms with Gasteiger partial charge in [0, 0.05) is 34.7 Å². The van der Waals surface area contributed by atoms with Gasteiger partial charge in [0.2, 0.25) is 0 Å². The molecule has 7 rings (SSSR count). The highest BCUT2D eigenvalue weighted by Crippen LogP contribution is 2.44. The summed E-state index contributed by atoms with van der Waals surface area (Å²) in [6.07, 6.45) is 13.9. The van der Waals surface area contributed by atoms with Gasteiger partial charge in [0.1, 0.15) is 11.5 Å². The van der Waals surface area contributed by atoms with E-state index in [9.17, 15) is 0 Å². The van der Waals surface area contributed by atoms with Gasteiger partial charge < -0.3 is 9.47 Å². The number of nitrogens with zero attached hydrogens (tertiary/aromatic N) is 2. The van der Waals surface area contributed by atoms with E-state index in [0.717, 1.165) is 92.7 Å². The lowest BCUT2D eigenvalue weighted by molar-refractivity contribution is 0.323. The second-order valence-corrected chi connectivity index (χ2v) is 14.7. The maximum atomic E-state index is 6.86. The van der Waals surface area contributed by atoms with Gasteiger partial charge >= 0.3 is 0 Å². The molecule has 276 valence electrons. The summed E-state index contributed by atoms with van der Waals surface area (Å²) < 4.78 is 13.7. The Hall–Kier alpha value is -5.22. The molecule has 0 aromatic heterocycles. The highest BCUT2D eigenvalue weighted by atomic mass is 16.5. The van der Waals surface area contributed by atoms with Crippen LogP contribution in [0.4, 0.5) is 11.4 Å². The van der Waals surface area contributed by atoms with E-state index >= 15 is 0 Å². The quantitative estimate of drug-likeness (QED) is 0.118. The summed E-state index contributed by atoms with van der Waals surface area (Å²) in [5.74, 6) is 1.79. The van der Waals surface area contributed by atoms with Crippen LogP contribution < -0.4 is 9.47 Å². The van der Waals surface area contributed by atoms with Crippen LogP contribution in [0.2, 0.25) is 0 Å². The zero-order valence-electron chi connectivity index (χ0n) is 32.2. The summed E-state index contributed by atoms with van der Waals surface area (Å²) in [7, 11) is 0. The Bertz CT molecular complexity index is 2000. The maximum absolute atomic E-state index is 6.86. The normalized spacial score (nSPS) is 12.9. The number of fused-ring (bicyclic) bond motifs is 4. The van der Waals surface area contributed by atoms with Crippen LogP contribution in [-0.2, 0) is 25.7 Å². The average Bonchev–Trinajstić information content (AvgIpc) is 3.21. The van der Waals surface area contributed by atoms with Crippen molar-refractivity contribution >= 4 is 22.1 Å². The first-order chi connectivity index (χ1) is 26.7. The molecule has 0 radical (unpaired) electrons. The summed E-state index contributed by atoms with van der Waals surface area (Å²) in [6.45, 7) is 5.59. The van der Waals surface area contributed by atoms with Crippen molar-refractivity contribution in [3.05, 3.63) is 144 Å². The van der Waals surface area contributed by atoms with Gasteiger partial charge in [0.25, 0.3) is 0 Å². The third-order valence-electron chi connectivity index (χ3n) is 10.6. The SMILES string of the molecule is CCCCCCc1ccc(-c2ccc3c4c(-c5ccc(CCCCCC)cc5)ccc3c2OCCc2cccc(c2)N=Nc2cccc(c2)CCO4)cc1. The van der Waals surface area contributed by atoms with E-state index in [1.165, 1.54) is 62.5 Å². The van der Waals surface area contributed by atoms with E-state index in [4.69, 9.17) is 9.47 Å². The van der Waals surface area contributed by atoms with Crippen LogP contribution >= 0.6 is 0 Å². The molecular weight excluding hydrogens is 661 g/mol. The van der Waals surface area contributed by atoms with E-state index in [0.29, 0.717) is 13.2 Å². The van der Waals surface area contributed by atoms with Gasteiger partial charge in [-0.05, 0) is 108 Å². The second kappa shape index (κ2) is 18.7. The predicted molar refractivity (Wildman–Crippen MR) is 226 cm³/mol. The van der Waals surface area contributed by atoms with Gasteiger partial charge in [-0.1, -0.05) is 125 Å². The number of hydrogen-bond acceptors (Lipinski definition) is 4. The fourth-order valence-electron chi connectivity index (χ4n) is 7.54. The third kappa shape index (κ3) is 9.46. The topological polar surface area (TPSA) is 43.2 Å². The summed E-state index contributed by atoms with van der Waals surface area (Å²) in [6, 6.07) is 43.7. The lowest BCUT2D eigenvalue weighted by atomic mass is 9.94. The average molecular weight is 715 g/mol. The first-order valence-corrected chi connectivity index (χ1v) is 20.3. The van der Waals surface area contributed by atoms with Gasteiger partial charge in [-0.15, -0.1) is 0 Å². The molecule has 4 heteroatoms. The van der Waals surface area contributed by atoms with Crippen molar-refractivity contribution in [1.82, 2.24) is 0 Å². The molecule has 0 spiro atoms. The molecule has 1 aliphatic rings. The van der Waals surface area contributed by atoms with Crippen LogP contribution in [0.15, 0.2) is 132 Å². The zero-order chi connectivity index (χ0) is 37.0. The highest BCUT2D eigenvalue weighted by Gasteiger charge is 2.19. The highest BCUT2D eigenvalue weighted by molar-refractivity contribution is 6.02. The Labute approximate surface area is 322 Å². The molecule has 6 aromatic rings. The largest absolute Gasteiger partial charge is 0.492 e. The fourth-order valence-corrected chi connectivity index (χ4v) is 7.54. The molecule has 0 N–H and O–H groups in total. The Kier molecular flexibility index (Phi) is 12.8. The minimum absolute atomic E-state index is 0.530. The molecular formula is C50H54N2O2. The molecule has 8 bridgehead atoms. The van der Waals surface area contributed by atoms with Crippen LogP contribution in [0.25, 0.3) is 33.0 Å². The van der Waals surface area contributed by atoms with Crippen molar-refractivity contribution in [2.24, 2.45) is 10.2 Å². The zero-order valence-corrected chi connectivity index (χ0v) is 32.2. The Morgan fingerprint density at radius 2 is 0.907 bits per heavy atom. The summed E-state index contributed by atoms with van der Waals surface area (Å²) in [5, 5.41) is 11.3. The molecule has 0 aliphatic carbocycles. The lowest BCUT2D eigenvalue weighted by Crippen LogP contribution is -2.05. The molecule has 1 heterocycles. The van der Waals surface area contributed by atoms with E-state index in [1.807, 2.05) is 12.1 Å². The van der Waals surface area contributed by atoms with Crippen molar-refractivity contribution in [2.75, 3.05) is 13.2 Å². The first kappa shape index (κ1) is 37.1. The minimum atomic E-state index is 0.530. The lowest BCUT2D eigenvalue weighted by Gasteiger charge is -2.20.